The molecule has 126 valence electrons. The lowest BCUT2D eigenvalue weighted by molar-refractivity contribution is 0.415. The zero-order valence-corrected chi connectivity index (χ0v) is 14.2. The van der Waals surface area contributed by atoms with Crippen LogP contribution >= 0.6 is 12.2 Å². The van der Waals surface area contributed by atoms with Crippen molar-refractivity contribution in [1.29, 1.82) is 0 Å². The summed E-state index contributed by atoms with van der Waals surface area (Å²) in [4.78, 5) is 12.3. The second-order valence-corrected chi connectivity index (χ2v) is 5.48. The SMILES string of the molecule is COc1ccc(NC(=S)N/N=C/c2coc3ccccc3c2=O)cc1. The quantitative estimate of drug-likeness (QED) is 0.426. The standard InChI is InChI=1S/C18H15N3O3S/c1-23-14-8-6-13(7-9-14)20-18(25)21-19-10-12-11-24-16-5-3-2-4-15(16)17(12)22/h2-11H,1H3,(H2,20,21,25)/b19-10+. The van der Waals surface area contributed by atoms with E-state index in [1.807, 2.05) is 30.3 Å². The number of ether oxygens (including phenoxy) is 1. The molecule has 0 bridgehead atoms. The molecule has 0 spiro atoms. The largest absolute Gasteiger partial charge is 0.497 e. The van der Waals surface area contributed by atoms with Crippen LogP contribution in [0.4, 0.5) is 5.69 Å². The molecule has 0 fully saturated rings. The fourth-order valence-corrected chi connectivity index (χ4v) is 2.35. The van der Waals surface area contributed by atoms with Gasteiger partial charge in [-0.2, -0.15) is 5.10 Å². The number of thiocarbonyl (C=S) groups is 1. The fourth-order valence-electron chi connectivity index (χ4n) is 2.18. The zero-order chi connectivity index (χ0) is 17.6. The summed E-state index contributed by atoms with van der Waals surface area (Å²) in [7, 11) is 1.60. The molecule has 3 aromatic rings. The van der Waals surface area contributed by atoms with Crippen molar-refractivity contribution >= 4 is 40.2 Å². The van der Waals surface area contributed by atoms with Crippen LogP contribution in [0.1, 0.15) is 5.56 Å². The summed E-state index contributed by atoms with van der Waals surface area (Å²) >= 11 is 5.15. The molecule has 1 heterocycles. The smallest absolute Gasteiger partial charge is 0.201 e. The van der Waals surface area contributed by atoms with Crippen LogP contribution in [0.2, 0.25) is 0 Å². The van der Waals surface area contributed by atoms with E-state index in [9.17, 15) is 4.79 Å². The number of fused-ring (bicyclic) bond motifs is 1. The molecule has 6 nitrogen and oxygen atoms in total. The molecule has 0 saturated carbocycles. The molecule has 0 aliphatic carbocycles. The number of nitrogens with zero attached hydrogens (tertiary/aromatic N) is 1. The van der Waals surface area contributed by atoms with Gasteiger partial charge in [-0.15, -0.1) is 0 Å². The van der Waals surface area contributed by atoms with Crippen LogP contribution in [0.3, 0.4) is 0 Å². The highest BCUT2D eigenvalue weighted by molar-refractivity contribution is 7.80. The molecule has 0 amide bonds. The number of nitrogens with one attached hydrogen (secondary N) is 2. The van der Waals surface area contributed by atoms with Gasteiger partial charge in [0.15, 0.2) is 5.11 Å². The monoisotopic (exact) mass is 353 g/mol. The molecule has 7 heteroatoms. The van der Waals surface area contributed by atoms with Gasteiger partial charge in [-0.05, 0) is 48.6 Å². The predicted molar refractivity (Wildman–Crippen MR) is 102 cm³/mol. The average Bonchev–Trinajstić information content (AvgIpc) is 2.64. The van der Waals surface area contributed by atoms with E-state index in [0.717, 1.165) is 11.4 Å². The van der Waals surface area contributed by atoms with Gasteiger partial charge in [-0.25, -0.2) is 0 Å². The van der Waals surface area contributed by atoms with Crippen molar-refractivity contribution in [2.45, 2.75) is 0 Å². The van der Waals surface area contributed by atoms with Gasteiger partial charge in [0.25, 0.3) is 0 Å². The fraction of sp³-hybridized carbons (Fsp3) is 0.0556. The Labute approximate surface area is 149 Å². The van der Waals surface area contributed by atoms with E-state index in [-0.39, 0.29) is 5.43 Å². The Balaban J connectivity index is 1.65. The van der Waals surface area contributed by atoms with Crippen molar-refractivity contribution in [2.75, 3.05) is 12.4 Å². The first kappa shape index (κ1) is 16.7. The number of hydrazone groups is 1. The van der Waals surface area contributed by atoms with Gasteiger partial charge in [0, 0.05) is 5.69 Å². The number of hydrogen-bond acceptors (Lipinski definition) is 5. The molecule has 1 aromatic heterocycles. The van der Waals surface area contributed by atoms with E-state index in [0.29, 0.717) is 21.6 Å². The Hall–Kier alpha value is -3.19. The summed E-state index contributed by atoms with van der Waals surface area (Å²) in [5, 5.41) is 7.75. The highest BCUT2D eigenvalue weighted by Crippen LogP contribution is 2.14. The van der Waals surface area contributed by atoms with Crippen molar-refractivity contribution in [3.05, 3.63) is 70.6 Å². The summed E-state index contributed by atoms with van der Waals surface area (Å²) in [6.07, 6.45) is 2.75. The molecule has 0 aliphatic rings. The molecule has 0 atom stereocenters. The van der Waals surface area contributed by atoms with E-state index in [1.54, 1.807) is 25.3 Å². The van der Waals surface area contributed by atoms with Crippen LogP contribution in [0.5, 0.6) is 5.75 Å². The number of methoxy groups -OCH3 is 1. The van der Waals surface area contributed by atoms with Crippen molar-refractivity contribution in [3.63, 3.8) is 0 Å². The van der Waals surface area contributed by atoms with E-state index >= 15 is 0 Å². The highest BCUT2D eigenvalue weighted by atomic mass is 32.1. The maximum Gasteiger partial charge on any atom is 0.201 e. The first-order valence-corrected chi connectivity index (χ1v) is 7.83. The van der Waals surface area contributed by atoms with Crippen LogP contribution < -0.4 is 20.9 Å². The van der Waals surface area contributed by atoms with Gasteiger partial charge in [0.1, 0.15) is 17.6 Å². The third-order valence-electron chi connectivity index (χ3n) is 3.42. The molecule has 0 unspecified atom stereocenters. The Bertz CT molecular complexity index is 981. The van der Waals surface area contributed by atoms with Crippen LogP contribution in [0.15, 0.2) is 69.1 Å². The minimum atomic E-state index is -0.151. The molecule has 3 rings (SSSR count). The number of rotatable bonds is 4. The number of anilines is 1. The van der Waals surface area contributed by atoms with Crippen molar-refractivity contribution < 1.29 is 9.15 Å². The van der Waals surface area contributed by atoms with Crippen LogP contribution in [0.25, 0.3) is 11.0 Å². The Morgan fingerprint density at radius 3 is 2.72 bits per heavy atom. The summed E-state index contributed by atoms with van der Waals surface area (Å²) in [5.74, 6) is 0.755. The lowest BCUT2D eigenvalue weighted by Gasteiger charge is -2.07. The number of benzene rings is 2. The Morgan fingerprint density at radius 1 is 1.20 bits per heavy atom. The molecule has 2 aromatic carbocycles. The molecule has 0 radical (unpaired) electrons. The lowest BCUT2D eigenvalue weighted by Crippen LogP contribution is -2.24. The highest BCUT2D eigenvalue weighted by Gasteiger charge is 2.04. The predicted octanol–water partition coefficient (Wildman–Crippen LogP) is 3.12. The number of para-hydroxylation sites is 1. The van der Waals surface area contributed by atoms with Crippen molar-refractivity contribution in [2.24, 2.45) is 5.10 Å². The third-order valence-corrected chi connectivity index (χ3v) is 3.62. The second-order valence-electron chi connectivity index (χ2n) is 5.07. The molecular formula is C18H15N3O3S. The first-order valence-electron chi connectivity index (χ1n) is 7.42. The topological polar surface area (TPSA) is 75.9 Å². The number of hydrogen-bond donors (Lipinski definition) is 2. The van der Waals surface area contributed by atoms with Crippen LogP contribution in [-0.2, 0) is 0 Å². The maximum absolute atomic E-state index is 12.3. The van der Waals surface area contributed by atoms with Crippen LogP contribution in [-0.4, -0.2) is 18.4 Å². The summed E-state index contributed by atoms with van der Waals surface area (Å²) in [6, 6.07) is 14.3. The molecule has 25 heavy (non-hydrogen) atoms. The van der Waals surface area contributed by atoms with Gasteiger partial charge < -0.3 is 14.5 Å². The van der Waals surface area contributed by atoms with Gasteiger partial charge in [0.05, 0.1) is 24.3 Å². The van der Waals surface area contributed by atoms with Gasteiger partial charge >= 0.3 is 0 Å². The van der Waals surface area contributed by atoms with E-state index in [1.165, 1.54) is 12.5 Å². The maximum atomic E-state index is 12.3. The summed E-state index contributed by atoms with van der Waals surface area (Å²) in [5.41, 5.74) is 4.17. The van der Waals surface area contributed by atoms with Gasteiger partial charge in [-0.1, -0.05) is 12.1 Å². The lowest BCUT2D eigenvalue weighted by atomic mass is 10.2. The van der Waals surface area contributed by atoms with E-state index < -0.39 is 0 Å². The van der Waals surface area contributed by atoms with E-state index in [2.05, 4.69) is 15.8 Å². The van der Waals surface area contributed by atoms with Crippen molar-refractivity contribution in [1.82, 2.24) is 5.43 Å². The molecule has 0 saturated heterocycles. The second kappa shape index (κ2) is 7.59. The van der Waals surface area contributed by atoms with Crippen molar-refractivity contribution in [3.8, 4) is 5.75 Å². The normalized spacial score (nSPS) is 10.8. The van der Waals surface area contributed by atoms with Gasteiger partial charge in [-0.3, -0.25) is 10.2 Å². The van der Waals surface area contributed by atoms with Gasteiger partial charge in [0.2, 0.25) is 5.43 Å². The average molecular weight is 353 g/mol. The first-order chi connectivity index (χ1) is 12.2. The Kier molecular flexibility index (Phi) is 5.06. The zero-order valence-electron chi connectivity index (χ0n) is 13.4. The summed E-state index contributed by atoms with van der Waals surface area (Å²) in [6.45, 7) is 0. The minimum Gasteiger partial charge on any atom is -0.497 e. The molecule has 0 aliphatic heterocycles. The van der Waals surface area contributed by atoms with E-state index in [4.69, 9.17) is 21.4 Å². The third kappa shape index (κ3) is 4.02. The van der Waals surface area contributed by atoms with Crippen LogP contribution in [0, 0.1) is 0 Å². The minimum absolute atomic E-state index is 0.151. The molecular weight excluding hydrogens is 338 g/mol. The Morgan fingerprint density at radius 2 is 1.96 bits per heavy atom. The molecule has 2 N–H and O–H groups in total. The summed E-state index contributed by atoms with van der Waals surface area (Å²) < 4.78 is 10.5.